The second-order valence-corrected chi connectivity index (χ2v) is 7.86. The maximum Gasteiger partial charge on any atom is 0.268 e. The second-order valence-electron chi connectivity index (χ2n) is 6.95. The van der Waals surface area contributed by atoms with Gasteiger partial charge in [0.25, 0.3) is 5.91 Å². The summed E-state index contributed by atoms with van der Waals surface area (Å²) in [5, 5.41) is 3.11. The number of likely N-dealkylation sites (tertiary alicyclic amines) is 1. The number of hydrogen-bond donors (Lipinski definition) is 1. The predicted molar refractivity (Wildman–Crippen MR) is 112 cm³/mol. The van der Waals surface area contributed by atoms with Crippen molar-refractivity contribution in [3.05, 3.63) is 52.3 Å². The van der Waals surface area contributed by atoms with Crippen molar-refractivity contribution in [2.24, 2.45) is 0 Å². The zero-order valence-corrected chi connectivity index (χ0v) is 17.9. The number of benzene rings is 1. The van der Waals surface area contributed by atoms with Crippen LogP contribution in [0.4, 0.5) is 0 Å². The number of hydrogen-bond acceptors (Lipinski definition) is 3. The van der Waals surface area contributed by atoms with E-state index in [-0.39, 0.29) is 17.9 Å². The first kappa shape index (κ1) is 20.5. The van der Waals surface area contributed by atoms with E-state index >= 15 is 0 Å². The Labute approximate surface area is 174 Å². The van der Waals surface area contributed by atoms with Gasteiger partial charge >= 0.3 is 0 Å². The Balaban J connectivity index is 1.52. The van der Waals surface area contributed by atoms with Crippen LogP contribution in [-0.2, 0) is 17.8 Å². The molecule has 0 aliphatic carbocycles. The van der Waals surface area contributed by atoms with Crippen LogP contribution in [0.1, 0.15) is 35.8 Å². The average Bonchev–Trinajstić information content (AvgIpc) is 3.10. The van der Waals surface area contributed by atoms with E-state index in [1.54, 1.807) is 7.11 Å². The quantitative estimate of drug-likeness (QED) is 0.738. The summed E-state index contributed by atoms with van der Waals surface area (Å²) in [5.41, 5.74) is 1.56. The van der Waals surface area contributed by atoms with Gasteiger partial charge in [-0.3, -0.25) is 9.59 Å². The summed E-state index contributed by atoms with van der Waals surface area (Å²) in [6.07, 6.45) is 3.77. The molecule has 1 fully saturated rings. The summed E-state index contributed by atoms with van der Waals surface area (Å²) in [6, 6.07) is 9.53. The number of ether oxygens (including phenoxy) is 1. The molecule has 2 aromatic rings. The van der Waals surface area contributed by atoms with Crippen molar-refractivity contribution in [1.82, 2.24) is 14.8 Å². The zero-order chi connectivity index (χ0) is 20.1. The number of carbonyl (C=O) groups excluding carboxylic acids is 2. The van der Waals surface area contributed by atoms with Crippen molar-refractivity contribution in [1.29, 1.82) is 0 Å². The van der Waals surface area contributed by atoms with Gasteiger partial charge in [0.05, 0.1) is 13.5 Å². The fraction of sp³-hybridized carbons (Fsp3) is 0.429. The average molecular weight is 448 g/mol. The smallest absolute Gasteiger partial charge is 0.268 e. The molecule has 0 radical (unpaired) electrons. The van der Waals surface area contributed by atoms with Crippen LogP contribution in [0.15, 0.2) is 41.0 Å². The van der Waals surface area contributed by atoms with Gasteiger partial charge in [-0.05, 0) is 47.8 Å². The molecule has 1 aliphatic heterocycles. The molecule has 0 atom stereocenters. The zero-order valence-electron chi connectivity index (χ0n) is 16.3. The molecule has 1 N–H and O–H groups in total. The number of para-hydroxylation sites is 1. The van der Waals surface area contributed by atoms with Gasteiger partial charge in [-0.25, -0.2) is 0 Å². The van der Waals surface area contributed by atoms with E-state index in [4.69, 9.17) is 4.74 Å². The Morgan fingerprint density at radius 1 is 1.25 bits per heavy atom. The van der Waals surface area contributed by atoms with Crippen LogP contribution in [0.2, 0.25) is 0 Å². The molecule has 1 aromatic heterocycles. The van der Waals surface area contributed by atoms with E-state index < -0.39 is 0 Å². The highest BCUT2D eigenvalue weighted by Gasteiger charge is 2.25. The maximum absolute atomic E-state index is 12.6. The Morgan fingerprint density at radius 3 is 2.64 bits per heavy atom. The first-order chi connectivity index (χ1) is 13.5. The Kier molecular flexibility index (Phi) is 6.78. The molecule has 0 unspecified atom stereocenters. The number of amides is 2. The van der Waals surface area contributed by atoms with Gasteiger partial charge in [0.1, 0.15) is 11.4 Å². The van der Waals surface area contributed by atoms with E-state index in [1.807, 2.05) is 52.9 Å². The third kappa shape index (κ3) is 4.76. The molecule has 6 nitrogen and oxygen atoms in total. The van der Waals surface area contributed by atoms with Gasteiger partial charge in [-0.1, -0.05) is 18.2 Å². The van der Waals surface area contributed by atoms with Gasteiger partial charge in [0.2, 0.25) is 5.91 Å². The fourth-order valence-electron chi connectivity index (χ4n) is 3.58. The normalized spacial score (nSPS) is 14.8. The minimum absolute atomic E-state index is 0.0636. The third-order valence-corrected chi connectivity index (χ3v) is 5.59. The van der Waals surface area contributed by atoms with Gasteiger partial charge < -0.3 is 19.5 Å². The van der Waals surface area contributed by atoms with Crippen molar-refractivity contribution in [3.63, 3.8) is 0 Å². The minimum atomic E-state index is -0.0636. The molecule has 28 heavy (non-hydrogen) atoms. The van der Waals surface area contributed by atoms with Gasteiger partial charge in [-0.15, -0.1) is 0 Å². The third-order valence-electron chi connectivity index (χ3n) is 5.15. The van der Waals surface area contributed by atoms with Crippen LogP contribution >= 0.6 is 15.9 Å². The number of aryl methyl sites for hydroxylation is 1. The van der Waals surface area contributed by atoms with Gasteiger partial charge in [-0.2, -0.15) is 0 Å². The standard InChI is InChI=1S/C21H26BrN3O3/c1-3-24-14-16(22)13-18(24)21(27)23-17-8-10-25(11-9-17)20(26)12-15-6-4-5-7-19(15)28-2/h4-7,13-14,17H,3,8-12H2,1-2H3,(H,23,27). The lowest BCUT2D eigenvalue weighted by atomic mass is 10.0. The second kappa shape index (κ2) is 9.28. The van der Waals surface area contributed by atoms with Crippen molar-refractivity contribution >= 4 is 27.7 Å². The summed E-state index contributed by atoms with van der Waals surface area (Å²) in [4.78, 5) is 27.1. The highest BCUT2D eigenvalue weighted by molar-refractivity contribution is 9.10. The molecule has 2 heterocycles. The van der Waals surface area contributed by atoms with E-state index in [2.05, 4.69) is 21.2 Å². The number of nitrogens with zero attached hydrogens (tertiary/aromatic N) is 2. The van der Waals surface area contributed by atoms with E-state index in [0.29, 0.717) is 25.2 Å². The molecule has 1 saturated heterocycles. The lowest BCUT2D eigenvalue weighted by Crippen LogP contribution is -2.47. The lowest BCUT2D eigenvalue weighted by Gasteiger charge is -2.32. The van der Waals surface area contributed by atoms with Crippen molar-refractivity contribution in [2.45, 2.75) is 38.8 Å². The topological polar surface area (TPSA) is 63.6 Å². The summed E-state index contributed by atoms with van der Waals surface area (Å²) in [6.45, 7) is 4.05. The number of halogens is 1. The molecule has 7 heteroatoms. The highest BCUT2D eigenvalue weighted by atomic mass is 79.9. The summed E-state index contributed by atoms with van der Waals surface area (Å²) >= 11 is 3.42. The molecule has 1 aliphatic rings. The maximum atomic E-state index is 12.6. The molecule has 0 bridgehead atoms. The molecular weight excluding hydrogens is 422 g/mol. The number of rotatable bonds is 6. The van der Waals surface area contributed by atoms with Crippen molar-refractivity contribution < 1.29 is 14.3 Å². The highest BCUT2D eigenvalue weighted by Crippen LogP contribution is 2.20. The number of piperidine rings is 1. The molecule has 0 saturated carbocycles. The number of carbonyl (C=O) groups is 2. The van der Waals surface area contributed by atoms with Crippen LogP contribution in [0.3, 0.4) is 0 Å². The first-order valence-corrected chi connectivity index (χ1v) is 10.4. The Morgan fingerprint density at radius 2 is 1.96 bits per heavy atom. The fourth-order valence-corrected chi connectivity index (χ4v) is 4.05. The number of nitrogens with one attached hydrogen (secondary N) is 1. The largest absolute Gasteiger partial charge is 0.496 e. The lowest BCUT2D eigenvalue weighted by molar-refractivity contribution is -0.131. The van der Waals surface area contributed by atoms with Crippen LogP contribution in [-0.4, -0.2) is 47.5 Å². The van der Waals surface area contributed by atoms with E-state index in [0.717, 1.165) is 35.2 Å². The summed E-state index contributed by atoms with van der Waals surface area (Å²) in [7, 11) is 1.62. The molecule has 150 valence electrons. The number of aromatic nitrogens is 1. The monoisotopic (exact) mass is 447 g/mol. The first-order valence-electron chi connectivity index (χ1n) is 9.58. The van der Waals surface area contributed by atoms with Crippen molar-refractivity contribution in [3.8, 4) is 5.75 Å². The SMILES string of the molecule is CCn1cc(Br)cc1C(=O)NC1CCN(C(=O)Cc2ccccc2OC)CC1. The van der Waals surface area contributed by atoms with Crippen LogP contribution < -0.4 is 10.1 Å². The minimum Gasteiger partial charge on any atom is -0.496 e. The predicted octanol–water partition coefficient (Wildman–Crippen LogP) is 3.24. The Hall–Kier alpha value is -2.28. The molecule has 2 amide bonds. The van der Waals surface area contributed by atoms with Gasteiger partial charge in [0, 0.05) is 41.9 Å². The number of methoxy groups -OCH3 is 1. The van der Waals surface area contributed by atoms with Crippen LogP contribution in [0.5, 0.6) is 5.75 Å². The van der Waals surface area contributed by atoms with Crippen molar-refractivity contribution in [2.75, 3.05) is 20.2 Å². The van der Waals surface area contributed by atoms with Crippen LogP contribution in [0.25, 0.3) is 0 Å². The van der Waals surface area contributed by atoms with E-state index in [9.17, 15) is 9.59 Å². The van der Waals surface area contributed by atoms with Gasteiger partial charge in [0.15, 0.2) is 0 Å². The molecule has 0 spiro atoms. The summed E-state index contributed by atoms with van der Waals surface area (Å²) in [5.74, 6) is 0.771. The molecular formula is C21H26BrN3O3. The Bertz CT molecular complexity index is 841. The molecule has 3 rings (SSSR count). The van der Waals surface area contributed by atoms with E-state index in [1.165, 1.54) is 0 Å². The van der Waals surface area contributed by atoms with Crippen LogP contribution in [0, 0.1) is 0 Å². The summed E-state index contributed by atoms with van der Waals surface area (Å²) < 4.78 is 8.15. The molecule has 1 aromatic carbocycles.